The van der Waals surface area contributed by atoms with E-state index in [0.29, 0.717) is 11.9 Å². The van der Waals surface area contributed by atoms with E-state index in [4.69, 9.17) is 16.5 Å². The van der Waals surface area contributed by atoms with Crippen molar-refractivity contribution in [2.75, 3.05) is 4.90 Å². The Morgan fingerprint density at radius 3 is 2.44 bits per heavy atom. The molecule has 4 N–H and O–H groups in total. The SMILES string of the molecule is NC1=NC2(CCCCC2)N(c2cccc(CCc3ccncc3)c2)C(N)=N1. The second-order valence-electron chi connectivity index (χ2n) is 7.34. The normalized spacial score (nSPS) is 18.9. The zero-order valence-electron chi connectivity index (χ0n) is 15.5. The molecule has 2 aliphatic rings. The van der Waals surface area contributed by atoms with Crippen molar-refractivity contribution in [3.8, 4) is 0 Å². The number of benzene rings is 1. The molecule has 4 rings (SSSR count). The third kappa shape index (κ3) is 3.65. The smallest absolute Gasteiger partial charge is 0.220 e. The van der Waals surface area contributed by atoms with Gasteiger partial charge in [-0.05, 0) is 73.9 Å². The van der Waals surface area contributed by atoms with Crippen LogP contribution in [0.5, 0.6) is 0 Å². The second kappa shape index (κ2) is 7.39. The van der Waals surface area contributed by atoms with Crippen LogP contribution in [0.1, 0.15) is 43.2 Å². The maximum atomic E-state index is 6.33. The number of anilines is 1. The predicted octanol–water partition coefficient (Wildman–Crippen LogP) is 2.98. The fourth-order valence-corrected chi connectivity index (χ4v) is 4.18. The van der Waals surface area contributed by atoms with E-state index in [-0.39, 0.29) is 0 Å². The summed E-state index contributed by atoms with van der Waals surface area (Å²) < 4.78 is 0. The van der Waals surface area contributed by atoms with Gasteiger partial charge in [0, 0.05) is 18.1 Å². The third-order valence-electron chi connectivity index (χ3n) is 5.47. The average Bonchev–Trinajstić information content (AvgIpc) is 2.67. The summed E-state index contributed by atoms with van der Waals surface area (Å²) in [4.78, 5) is 15.2. The van der Waals surface area contributed by atoms with Gasteiger partial charge in [-0.3, -0.25) is 9.88 Å². The number of aryl methyl sites for hydroxylation is 2. The summed E-state index contributed by atoms with van der Waals surface area (Å²) in [6.07, 6.45) is 11.0. The van der Waals surface area contributed by atoms with Crippen LogP contribution in [-0.2, 0) is 12.8 Å². The number of guanidine groups is 2. The van der Waals surface area contributed by atoms with E-state index in [2.05, 4.69) is 51.3 Å². The first-order valence-corrected chi connectivity index (χ1v) is 9.64. The molecule has 0 unspecified atom stereocenters. The van der Waals surface area contributed by atoms with Gasteiger partial charge in [0.05, 0.1) is 0 Å². The van der Waals surface area contributed by atoms with Crippen molar-refractivity contribution >= 4 is 17.6 Å². The maximum Gasteiger partial charge on any atom is 0.220 e. The van der Waals surface area contributed by atoms with E-state index in [0.717, 1.165) is 44.2 Å². The lowest BCUT2D eigenvalue weighted by atomic mass is 9.87. The zero-order valence-corrected chi connectivity index (χ0v) is 15.5. The van der Waals surface area contributed by atoms with Gasteiger partial charge in [0.1, 0.15) is 5.66 Å². The van der Waals surface area contributed by atoms with E-state index < -0.39 is 5.66 Å². The fraction of sp³-hybridized carbons (Fsp3) is 0.381. The highest BCUT2D eigenvalue weighted by molar-refractivity contribution is 6.05. The van der Waals surface area contributed by atoms with Crippen molar-refractivity contribution in [2.45, 2.75) is 50.6 Å². The molecule has 0 bridgehead atoms. The van der Waals surface area contributed by atoms with Gasteiger partial charge in [-0.2, -0.15) is 4.99 Å². The second-order valence-corrected chi connectivity index (χ2v) is 7.34. The van der Waals surface area contributed by atoms with Gasteiger partial charge in [-0.1, -0.05) is 18.6 Å². The highest BCUT2D eigenvalue weighted by atomic mass is 15.4. The van der Waals surface area contributed by atoms with Crippen LogP contribution in [0.4, 0.5) is 5.69 Å². The molecule has 1 aliphatic heterocycles. The molecule has 1 fully saturated rings. The largest absolute Gasteiger partial charge is 0.369 e. The Morgan fingerprint density at radius 2 is 1.67 bits per heavy atom. The Morgan fingerprint density at radius 1 is 0.926 bits per heavy atom. The Labute approximate surface area is 160 Å². The van der Waals surface area contributed by atoms with E-state index in [1.54, 1.807) is 0 Å². The van der Waals surface area contributed by atoms with Crippen molar-refractivity contribution in [1.82, 2.24) is 4.98 Å². The molecule has 27 heavy (non-hydrogen) atoms. The molecule has 1 aliphatic carbocycles. The van der Waals surface area contributed by atoms with E-state index >= 15 is 0 Å². The van der Waals surface area contributed by atoms with Crippen LogP contribution in [0.2, 0.25) is 0 Å². The summed E-state index contributed by atoms with van der Waals surface area (Å²) in [6, 6.07) is 12.7. The summed E-state index contributed by atoms with van der Waals surface area (Å²) in [5.74, 6) is 0.732. The van der Waals surface area contributed by atoms with E-state index in [9.17, 15) is 0 Å². The average molecular weight is 362 g/mol. The number of hydrogen-bond donors (Lipinski definition) is 2. The van der Waals surface area contributed by atoms with Crippen LogP contribution < -0.4 is 16.4 Å². The molecule has 140 valence electrons. The summed E-state index contributed by atoms with van der Waals surface area (Å²) in [6.45, 7) is 0. The minimum atomic E-state index is -0.391. The summed E-state index contributed by atoms with van der Waals surface area (Å²) in [5, 5.41) is 0. The Hall–Kier alpha value is -2.89. The van der Waals surface area contributed by atoms with Crippen LogP contribution in [-0.4, -0.2) is 22.6 Å². The number of aliphatic imine (C=N–C) groups is 2. The molecule has 1 aromatic heterocycles. The van der Waals surface area contributed by atoms with Gasteiger partial charge in [-0.25, -0.2) is 4.99 Å². The minimum Gasteiger partial charge on any atom is -0.369 e. The molecule has 0 atom stereocenters. The highest BCUT2D eigenvalue weighted by Gasteiger charge is 2.42. The van der Waals surface area contributed by atoms with Crippen LogP contribution in [0.15, 0.2) is 58.8 Å². The van der Waals surface area contributed by atoms with Gasteiger partial charge < -0.3 is 11.5 Å². The molecule has 1 spiro atoms. The van der Waals surface area contributed by atoms with Crippen molar-refractivity contribution in [1.29, 1.82) is 0 Å². The third-order valence-corrected chi connectivity index (χ3v) is 5.47. The number of hydrogen-bond acceptors (Lipinski definition) is 6. The van der Waals surface area contributed by atoms with E-state index in [1.165, 1.54) is 17.5 Å². The number of aromatic nitrogens is 1. The van der Waals surface area contributed by atoms with Crippen LogP contribution in [0.25, 0.3) is 0 Å². The molecule has 0 radical (unpaired) electrons. The zero-order chi connectivity index (χ0) is 18.7. The number of nitrogens with zero attached hydrogens (tertiary/aromatic N) is 4. The lowest BCUT2D eigenvalue weighted by Crippen LogP contribution is -2.58. The van der Waals surface area contributed by atoms with E-state index in [1.807, 2.05) is 12.4 Å². The topological polar surface area (TPSA) is 92.9 Å². The minimum absolute atomic E-state index is 0.291. The Kier molecular flexibility index (Phi) is 4.79. The number of pyridine rings is 1. The first-order valence-electron chi connectivity index (χ1n) is 9.64. The van der Waals surface area contributed by atoms with Crippen molar-refractivity contribution in [2.24, 2.45) is 21.5 Å². The molecule has 1 saturated carbocycles. The van der Waals surface area contributed by atoms with Crippen LogP contribution in [0.3, 0.4) is 0 Å². The molecule has 0 amide bonds. The molecule has 2 aromatic rings. The Bertz CT molecular complexity index is 852. The molecular formula is C21H26N6. The lowest BCUT2D eigenvalue weighted by molar-refractivity contribution is 0.305. The summed E-state index contributed by atoms with van der Waals surface area (Å²) in [7, 11) is 0. The van der Waals surface area contributed by atoms with Gasteiger partial charge in [0.25, 0.3) is 0 Å². The molecule has 1 aromatic carbocycles. The Balaban J connectivity index is 1.60. The van der Waals surface area contributed by atoms with Crippen molar-refractivity contribution < 1.29 is 0 Å². The number of nitrogens with two attached hydrogens (primary N) is 2. The molecule has 2 heterocycles. The fourth-order valence-electron chi connectivity index (χ4n) is 4.18. The lowest BCUT2D eigenvalue weighted by Gasteiger charge is -2.45. The van der Waals surface area contributed by atoms with Crippen LogP contribution >= 0.6 is 0 Å². The van der Waals surface area contributed by atoms with Gasteiger partial charge in [0.2, 0.25) is 11.9 Å². The first kappa shape index (κ1) is 17.5. The molecule has 0 saturated heterocycles. The maximum absolute atomic E-state index is 6.33. The summed E-state index contributed by atoms with van der Waals surface area (Å²) in [5.41, 5.74) is 15.5. The molecule has 6 heteroatoms. The highest BCUT2D eigenvalue weighted by Crippen LogP contribution is 2.39. The molecule has 6 nitrogen and oxygen atoms in total. The molecular weight excluding hydrogens is 336 g/mol. The van der Waals surface area contributed by atoms with Gasteiger partial charge in [-0.15, -0.1) is 0 Å². The standard InChI is InChI=1S/C21H26N6/c22-19-25-20(23)27(21(26-19)11-2-1-3-12-21)18-6-4-5-17(15-18)8-7-16-9-13-24-14-10-16/h4-6,9-10,13-15H,1-3,7-8,11-12H2,(H4,22,23,25,26). The van der Waals surface area contributed by atoms with Gasteiger partial charge >= 0.3 is 0 Å². The van der Waals surface area contributed by atoms with Crippen LogP contribution in [0, 0.1) is 0 Å². The van der Waals surface area contributed by atoms with Crippen molar-refractivity contribution in [3.63, 3.8) is 0 Å². The quantitative estimate of drug-likeness (QED) is 0.874. The van der Waals surface area contributed by atoms with Gasteiger partial charge in [0.15, 0.2) is 0 Å². The monoisotopic (exact) mass is 362 g/mol. The van der Waals surface area contributed by atoms with Crippen molar-refractivity contribution in [3.05, 3.63) is 59.9 Å². The summed E-state index contributed by atoms with van der Waals surface area (Å²) >= 11 is 0. The first-order chi connectivity index (χ1) is 13.2. The number of rotatable bonds is 4. The predicted molar refractivity (Wildman–Crippen MR) is 110 cm³/mol.